The second-order valence-corrected chi connectivity index (χ2v) is 6.04. The van der Waals surface area contributed by atoms with Gasteiger partial charge in [0.1, 0.15) is 0 Å². The quantitative estimate of drug-likeness (QED) is 0.652. The molecule has 2 atom stereocenters. The van der Waals surface area contributed by atoms with Gasteiger partial charge < -0.3 is 15.3 Å². The molecule has 3 rings (SSSR count). The van der Waals surface area contributed by atoms with E-state index in [4.69, 9.17) is 15.3 Å². The molecule has 6 nitrogen and oxygen atoms in total. The van der Waals surface area contributed by atoms with Crippen LogP contribution in [0.3, 0.4) is 0 Å². The van der Waals surface area contributed by atoms with E-state index < -0.39 is 11.9 Å². The first-order chi connectivity index (χ1) is 11.5. The molecule has 0 radical (unpaired) electrons. The first kappa shape index (κ1) is 16.3. The van der Waals surface area contributed by atoms with Crippen LogP contribution in [0.4, 0.5) is 5.69 Å². The molecule has 2 unspecified atom stereocenters. The summed E-state index contributed by atoms with van der Waals surface area (Å²) in [6, 6.07) is 11.0. The third-order valence-corrected chi connectivity index (χ3v) is 4.23. The summed E-state index contributed by atoms with van der Waals surface area (Å²) in [7, 11) is 0. The molecule has 6 heteroatoms. The van der Waals surface area contributed by atoms with Crippen molar-refractivity contribution in [2.24, 2.45) is 5.92 Å². The molecule has 24 heavy (non-hydrogen) atoms. The lowest BCUT2D eigenvalue weighted by Gasteiger charge is -2.25. The zero-order valence-corrected chi connectivity index (χ0v) is 13.5. The van der Waals surface area contributed by atoms with Crippen molar-refractivity contribution < 1.29 is 19.2 Å². The molecular formula is C18H20N2O4. The van der Waals surface area contributed by atoms with Crippen LogP contribution in [0.15, 0.2) is 36.4 Å². The SMILES string of the molecule is CC1CC(C(=O)ONC(=O)c2cc3ccccc3cc2N)CCO1. The van der Waals surface area contributed by atoms with E-state index in [1.54, 1.807) is 12.1 Å². The molecule has 2 aromatic rings. The van der Waals surface area contributed by atoms with Gasteiger partial charge in [0, 0.05) is 12.3 Å². The van der Waals surface area contributed by atoms with Crippen LogP contribution in [0.2, 0.25) is 0 Å². The Kier molecular flexibility index (Phi) is 4.66. The largest absolute Gasteiger partial charge is 0.398 e. The molecule has 0 aromatic heterocycles. The van der Waals surface area contributed by atoms with Crippen molar-refractivity contribution in [2.45, 2.75) is 25.9 Å². The summed E-state index contributed by atoms with van der Waals surface area (Å²) in [4.78, 5) is 29.3. The van der Waals surface area contributed by atoms with Crippen molar-refractivity contribution >= 4 is 28.3 Å². The van der Waals surface area contributed by atoms with Gasteiger partial charge in [0.2, 0.25) is 0 Å². The number of hydroxylamine groups is 1. The maximum absolute atomic E-state index is 12.3. The number of hydrogen-bond acceptors (Lipinski definition) is 5. The van der Waals surface area contributed by atoms with Crippen LogP contribution in [0.25, 0.3) is 10.8 Å². The van der Waals surface area contributed by atoms with E-state index in [1.165, 1.54) is 0 Å². The van der Waals surface area contributed by atoms with Crippen molar-refractivity contribution in [1.82, 2.24) is 5.48 Å². The third-order valence-electron chi connectivity index (χ3n) is 4.23. The summed E-state index contributed by atoms with van der Waals surface area (Å²) in [6.45, 7) is 2.43. The number of hydrogen-bond donors (Lipinski definition) is 2. The van der Waals surface area contributed by atoms with Gasteiger partial charge in [-0.3, -0.25) is 4.79 Å². The lowest BCUT2D eigenvalue weighted by atomic mass is 9.97. The van der Waals surface area contributed by atoms with Crippen LogP contribution in [0, 0.1) is 5.92 Å². The first-order valence-electron chi connectivity index (χ1n) is 7.95. The van der Waals surface area contributed by atoms with E-state index in [9.17, 15) is 9.59 Å². The molecule has 1 aliphatic heterocycles. The molecule has 1 aliphatic rings. The van der Waals surface area contributed by atoms with Crippen molar-refractivity contribution in [3.63, 3.8) is 0 Å². The Balaban J connectivity index is 1.66. The molecule has 0 bridgehead atoms. The fraction of sp³-hybridized carbons (Fsp3) is 0.333. The summed E-state index contributed by atoms with van der Waals surface area (Å²) >= 11 is 0. The summed E-state index contributed by atoms with van der Waals surface area (Å²) in [5.74, 6) is -1.24. The lowest BCUT2D eigenvalue weighted by molar-refractivity contribution is -0.158. The zero-order valence-electron chi connectivity index (χ0n) is 13.5. The summed E-state index contributed by atoms with van der Waals surface area (Å²) in [6.07, 6.45) is 1.20. The number of ether oxygens (including phenoxy) is 1. The predicted molar refractivity (Wildman–Crippen MR) is 90.1 cm³/mol. The molecule has 0 spiro atoms. The Morgan fingerprint density at radius 2 is 1.96 bits per heavy atom. The zero-order chi connectivity index (χ0) is 17.1. The second-order valence-electron chi connectivity index (χ2n) is 6.04. The average molecular weight is 328 g/mol. The van der Waals surface area contributed by atoms with Gasteiger partial charge in [-0.25, -0.2) is 4.79 Å². The monoisotopic (exact) mass is 328 g/mol. The van der Waals surface area contributed by atoms with E-state index >= 15 is 0 Å². The normalized spacial score (nSPS) is 20.5. The number of fused-ring (bicyclic) bond motifs is 1. The Labute approximate surface area is 139 Å². The minimum atomic E-state index is -0.535. The van der Waals surface area contributed by atoms with E-state index in [0.29, 0.717) is 25.1 Å². The van der Waals surface area contributed by atoms with Crippen molar-refractivity contribution in [1.29, 1.82) is 0 Å². The third kappa shape index (κ3) is 3.49. The van der Waals surface area contributed by atoms with Crippen LogP contribution >= 0.6 is 0 Å². The van der Waals surface area contributed by atoms with E-state index in [-0.39, 0.29) is 17.6 Å². The highest BCUT2D eigenvalue weighted by molar-refractivity contribution is 6.03. The number of anilines is 1. The average Bonchev–Trinajstić information content (AvgIpc) is 2.58. The molecule has 0 aliphatic carbocycles. The number of nitrogens with two attached hydrogens (primary N) is 1. The van der Waals surface area contributed by atoms with E-state index in [1.807, 2.05) is 31.2 Å². The number of benzene rings is 2. The van der Waals surface area contributed by atoms with Gasteiger partial charge in [-0.15, -0.1) is 0 Å². The Morgan fingerprint density at radius 1 is 1.25 bits per heavy atom. The Hall–Kier alpha value is -2.60. The fourth-order valence-electron chi connectivity index (χ4n) is 2.90. The summed E-state index contributed by atoms with van der Waals surface area (Å²) in [5.41, 5.74) is 8.76. The molecule has 0 saturated carbocycles. The van der Waals surface area contributed by atoms with Gasteiger partial charge in [-0.1, -0.05) is 24.3 Å². The van der Waals surface area contributed by atoms with Crippen molar-refractivity contribution in [2.75, 3.05) is 12.3 Å². The number of carbonyl (C=O) groups is 2. The van der Waals surface area contributed by atoms with Gasteiger partial charge in [-0.2, -0.15) is 5.48 Å². The van der Waals surface area contributed by atoms with Crippen LogP contribution in [0.1, 0.15) is 30.1 Å². The van der Waals surface area contributed by atoms with Crippen LogP contribution in [-0.4, -0.2) is 24.6 Å². The van der Waals surface area contributed by atoms with Crippen molar-refractivity contribution in [3.8, 4) is 0 Å². The molecule has 1 fully saturated rings. The Bertz CT molecular complexity index is 775. The van der Waals surface area contributed by atoms with E-state index in [0.717, 1.165) is 10.8 Å². The predicted octanol–water partition coefficient (Wildman–Crippen LogP) is 2.43. The van der Waals surface area contributed by atoms with Gasteiger partial charge in [-0.05, 0) is 42.7 Å². The smallest absolute Gasteiger partial charge is 0.335 e. The summed E-state index contributed by atoms with van der Waals surface area (Å²) in [5, 5.41) is 1.83. The Morgan fingerprint density at radius 3 is 2.67 bits per heavy atom. The number of carbonyl (C=O) groups excluding carboxylic acids is 2. The van der Waals surface area contributed by atoms with Crippen LogP contribution in [-0.2, 0) is 14.4 Å². The van der Waals surface area contributed by atoms with Crippen LogP contribution in [0.5, 0.6) is 0 Å². The molecule has 3 N–H and O–H groups in total. The van der Waals surface area contributed by atoms with Crippen molar-refractivity contribution in [3.05, 3.63) is 42.0 Å². The molecule has 1 amide bonds. The highest BCUT2D eigenvalue weighted by Gasteiger charge is 2.27. The highest BCUT2D eigenvalue weighted by Crippen LogP contribution is 2.23. The van der Waals surface area contributed by atoms with Gasteiger partial charge >= 0.3 is 5.97 Å². The lowest BCUT2D eigenvalue weighted by Crippen LogP contribution is -2.35. The first-order valence-corrected chi connectivity index (χ1v) is 7.95. The van der Waals surface area contributed by atoms with Gasteiger partial charge in [0.25, 0.3) is 5.91 Å². The maximum atomic E-state index is 12.3. The molecule has 2 aromatic carbocycles. The number of amides is 1. The van der Waals surface area contributed by atoms with E-state index in [2.05, 4.69) is 5.48 Å². The number of nitrogens with one attached hydrogen (secondary N) is 1. The minimum absolute atomic E-state index is 0.0168. The highest BCUT2D eigenvalue weighted by atomic mass is 16.7. The molecule has 1 heterocycles. The maximum Gasteiger partial charge on any atom is 0.335 e. The second kappa shape index (κ2) is 6.88. The number of nitrogen functional groups attached to an aromatic ring is 1. The fourth-order valence-corrected chi connectivity index (χ4v) is 2.90. The standard InChI is InChI=1S/C18H20N2O4/c1-11-8-14(6-7-23-11)18(22)24-20-17(21)15-9-12-4-2-3-5-13(12)10-16(15)19/h2-5,9-11,14H,6-8,19H2,1H3,(H,20,21). The van der Waals surface area contributed by atoms with Crippen LogP contribution < -0.4 is 11.2 Å². The topological polar surface area (TPSA) is 90.7 Å². The summed E-state index contributed by atoms with van der Waals surface area (Å²) < 4.78 is 5.40. The molecule has 126 valence electrons. The number of rotatable bonds is 2. The molecule has 1 saturated heterocycles. The molecular weight excluding hydrogens is 308 g/mol. The van der Waals surface area contributed by atoms with Gasteiger partial charge in [0.15, 0.2) is 0 Å². The minimum Gasteiger partial charge on any atom is -0.398 e. The van der Waals surface area contributed by atoms with Gasteiger partial charge in [0.05, 0.1) is 17.6 Å².